The number of aryl methyl sites for hydroxylation is 2. The molecule has 2 heterocycles. The standard InChI is InChI=1S/C19H19NO2S.C2H6/c1-12-10-17(23-18(12)19(22)20-8-2-3-9-20)14-4-6-15-13(11-14)5-7-16(15)21;1-2/h4,6,10-11H,2-3,5,7-9H2,1H3;1-2H3. The van der Waals surface area contributed by atoms with E-state index in [0.717, 1.165) is 64.4 Å². The normalized spacial score (nSPS) is 15.8. The molecule has 1 saturated heterocycles. The first kappa shape index (κ1) is 17.9. The lowest BCUT2D eigenvalue weighted by Crippen LogP contribution is -2.27. The van der Waals surface area contributed by atoms with Crippen LogP contribution in [0.15, 0.2) is 24.3 Å². The second kappa shape index (κ2) is 7.52. The third-order valence-corrected chi connectivity index (χ3v) is 6.09. The zero-order valence-corrected chi connectivity index (χ0v) is 16.0. The van der Waals surface area contributed by atoms with Crippen LogP contribution in [0.5, 0.6) is 0 Å². The van der Waals surface area contributed by atoms with Gasteiger partial charge in [0, 0.05) is 30.0 Å². The highest BCUT2D eigenvalue weighted by Gasteiger charge is 2.24. The Bertz CT molecular complexity index is 800. The molecule has 1 aliphatic heterocycles. The molecule has 4 rings (SSSR count). The maximum atomic E-state index is 12.6. The average molecular weight is 356 g/mol. The molecule has 1 aliphatic carbocycles. The van der Waals surface area contributed by atoms with Gasteiger partial charge in [0.2, 0.25) is 0 Å². The largest absolute Gasteiger partial charge is 0.338 e. The molecule has 4 heteroatoms. The second-order valence-corrected chi connectivity index (χ2v) is 7.47. The van der Waals surface area contributed by atoms with Crippen molar-refractivity contribution in [2.45, 2.75) is 46.5 Å². The van der Waals surface area contributed by atoms with Crippen LogP contribution in [0.4, 0.5) is 0 Å². The fourth-order valence-corrected chi connectivity index (χ4v) is 4.65. The number of ketones is 1. The summed E-state index contributed by atoms with van der Waals surface area (Å²) in [6.45, 7) is 7.78. The Labute approximate surface area is 153 Å². The van der Waals surface area contributed by atoms with Gasteiger partial charge in [-0.3, -0.25) is 9.59 Å². The van der Waals surface area contributed by atoms with Crippen LogP contribution in [0.25, 0.3) is 10.4 Å². The summed E-state index contributed by atoms with van der Waals surface area (Å²) in [5, 5.41) is 0. The van der Waals surface area contributed by atoms with Gasteiger partial charge in [-0.25, -0.2) is 0 Å². The van der Waals surface area contributed by atoms with E-state index in [-0.39, 0.29) is 11.7 Å². The number of fused-ring (bicyclic) bond motifs is 1. The highest BCUT2D eigenvalue weighted by Crippen LogP contribution is 2.35. The van der Waals surface area contributed by atoms with Gasteiger partial charge in [0.1, 0.15) is 0 Å². The molecule has 0 N–H and O–H groups in total. The maximum Gasteiger partial charge on any atom is 0.264 e. The monoisotopic (exact) mass is 355 g/mol. The van der Waals surface area contributed by atoms with Crippen molar-refractivity contribution in [2.24, 2.45) is 0 Å². The first-order chi connectivity index (χ1) is 12.1. The SMILES string of the molecule is CC.Cc1cc(-c2ccc3c(c2)CCC3=O)sc1C(=O)N1CCCC1. The number of hydrogen-bond acceptors (Lipinski definition) is 3. The lowest BCUT2D eigenvalue weighted by Gasteiger charge is -2.14. The Morgan fingerprint density at radius 1 is 1.08 bits per heavy atom. The van der Waals surface area contributed by atoms with Crippen LogP contribution in [0.2, 0.25) is 0 Å². The molecule has 3 nitrogen and oxygen atoms in total. The van der Waals surface area contributed by atoms with E-state index < -0.39 is 0 Å². The van der Waals surface area contributed by atoms with Gasteiger partial charge in [0.05, 0.1) is 4.88 Å². The van der Waals surface area contributed by atoms with Gasteiger partial charge in [-0.15, -0.1) is 11.3 Å². The zero-order chi connectivity index (χ0) is 18.0. The van der Waals surface area contributed by atoms with E-state index in [2.05, 4.69) is 12.1 Å². The van der Waals surface area contributed by atoms with Crippen molar-refractivity contribution in [2.75, 3.05) is 13.1 Å². The summed E-state index contributed by atoms with van der Waals surface area (Å²) in [5.41, 5.74) is 4.19. The summed E-state index contributed by atoms with van der Waals surface area (Å²) in [6.07, 6.45) is 3.69. The Morgan fingerprint density at radius 2 is 1.80 bits per heavy atom. The topological polar surface area (TPSA) is 37.4 Å². The maximum absolute atomic E-state index is 12.6. The number of nitrogens with zero attached hydrogens (tertiary/aromatic N) is 1. The molecule has 1 amide bonds. The number of hydrogen-bond donors (Lipinski definition) is 0. The number of amides is 1. The molecule has 0 atom stereocenters. The highest BCUT2D eigenvalue weighted by molar-refractivity contribution is 7.17. The number of rotatable bonds is 2. The van der Waals surface area contributed by atoms with Gasteiger partial charge in [0.15, 0.2) is 5.78 Å². The van der Waals surface area contributed by atoms with Crippen LogP contribution in [0.3, 0.4) is 0 Å². The predicted molar refractivity (Wildman–Crippen MR) is 104 cm³/mol. The minimum Gasteiger partial charge on any atom is -0.338 e. The van der Waals surface area contributed by atoms with Gasteiger partial charge in [-0.2, -0.15) is 0 Å². The lowest BCUT2D eigenvalue weighted by molar-refractivity contribution is 0.0796. The summed E-state index contributed by atoms with van der Waals surface area (Å²) >= 11 is 1.58. The van der Waals surface area contributed by atoms with E-state index in [1.165, 1.54) is 0 Å². The zero-order valence-electron chi connectivity index (χ0n) is 15.2. The number of thiophene rings is 1. The highest BCUT2D eigenvalue weighted by atomic mass is 32.1. The third-order valence-electron chi connectivity index (χ3n) is 4.82. The molecule has 0 bridgehead atoms. The summed E-state index contributed by atoms with van der Waals surface area (Å²) in [6, 6.07) is 8.18. The molecule has 1 aromatic carbocycles. The molecule has 25 heavy (non-hydrogen) atoms. The molecular weight excluding hydrogens is 330 g/mol. The summed E-state index contributed by atoms with van der Waals surface area (Å²) < 4.78 is 0. The Hall–Kier alpha value is -1.94. The van der Waals surface area contributed by atoms with Crippen LogP contribution in [0, 0.1) is 6.92 Å². The van der Waals surface area contributed by atoms with Crippen molar-refractivity contribution >= 4 is 23.0 Å². The van der Waals surface area contributed by atoms with Gasteiger partial charge in [-0.1, -0.05) is 26.0 Å². The number of carbonyl (C=O) groups excluding carboxylic acids is 2. The van der Waals surface area contributed by atoms with Gasteiger partial charge in [-0.05, 0) is 55.0 Å². The molecule has 132 valence electrons. The van der Waals surface area contributed by atoms with Crippen molar-refractivity contribution in [3.05, 3.63) is 45.8 Å². The Kier molecular flexibility index (Phi) is 5.38. The fraction of sp³-hybridized carbons (Fsp3) is 0.429. The molecule has 1 fully saturated rings. The lowest BCUT2D eigenvalue weighted by atomic mass is 10.0. The van der Waals surface area contributed by atoms with E-state index in [4.69, 9.17) is 0 Å². The van der Waals surface area contributed by atoms with Crippen LogP contribution in [0.1, 0.15) is 64.3 Å². The van der Waals surface area contributed by atoms with Crippen LogP contribution in [-0.4, -0.2) is 29.7 Å². The van der Waals surface area contributed by atoms with Crippen LogP contribution < -0.4 is 0 Å². The number of Topliss-reactive ketones (excluding diaryl/α,β-unsaturated/α-hetero) is 1. The molecule has 0 spiro atoms. The minimum atomic E-state index is 0.174. The van der Waals surface area contributed by atoms with E-state index in [1.807, 2.05) is 37.8 Å². The number of carbonyl (C=O) groups is 2. The van der Waals surface area contributed by atoms with Gasteiger partial charge in [0.25, 0.3) is 5.91 Å². The van der Waals surface area contributed by atoms with Crippen molar-refractivity contribution in [3.8, 4) is 10.4 Å². The molecule has 0 radical (unpaired) electrons. The van der Waals surface area contributed by atoms with E-state index >= 15 is 0 Å². The Balaban J connectivity index is 0.000000880. The van der Waals surface area contributed by atoms with Crippen molar-refractivity contribution in [3.63, 3.8) is 0 Å². The molecule has 0 unspecified atom stereocenters. The number of benzene rings is 1. The van der Waals surface area contributed by atoms with Gasteiger partial charge >= 0.3 is 0 Å². The van der Waals surface area contributed by atoms with Crippen molar-refractivity contribution in [1.29, 1.82) is 0 Å². The fourth-order valence-electron chi connectivity index (χ4n) is 3.51. The van der Waals surface area contributed by atoms with Crippen LogP contribution in [-0.2, 0) is 6.42 Å². The quantitative estimate of drug-likeness (QED) is 0.750. The predicted octanol–water partition coefficient (Wildman–Crippen LogP) is 5.11. The van der Waals surface area contributed by atoms with E-state index in [0.29, 0.717) is 6.42 Å². The summed E-state index contributed by atoms with van der Waals surface area (Å²) in [4.78, 5) is 28.3. The minimum absolute atomic E-state index is 0.174. The third kappa shape index (κ3) is 3.40. The van der Waals surface area contributed by atoms with Crippen LogP contribution >= 0.6 is 11.3 Å². The molecule has 0 saturated carbocycles. The molecule has 2 aliphatic rings. The smallest absolute Gasteiger partial charge is 0.264 e. The average Bonchev–Trinajstić information content (AvgIpc) is 3.37. The van der Waals surface area contributed by atoms with Crippen molar-refractivity contribution in [1.82, 2.24) is 4.90 Å². The second-order valence-electron chi connectivity index (χ2n) is 6.42. The molecule has 2 aromatic rings. The van der Waals surface area contributed by atoms with E-state index in [1.54, 1.807) is 11.3 Å². The summed E-state index contributed by atoms with van der Waals surface area (Å²) in [7, 11) is 0. The first-order valence-corrected chi connectivity index (χ1v) is 10.0. The molecular formula is C21H25NO2S. The van der Waals surface area contributed by atoms with Crippen molar-refractivity contribution < 1.29 is 9.59 Å². The van der Waals surface area contributed by atoms with Gasteiger partial charge < -0.3 is 4.90 Å². The number of likely N-dealkylation sites (tertiary alicyclic amines) is 1. The summed E-state index contributed by atoms with van der Waals surface area (Å²) in [5.74, 6) is 0.423. The Morgan fingerprint density at radius 3 is 2.52 bits per heavy atom. The first-order valence-electron chi connectivity index (χ1n) is 9.20. The molecule has 1 aromatic heterocycles. The van der Waals surface area contributed by atoms with E-state index in [9.17, 15) is 9.59 Å².